The maximum atomic E-state index is 2.48. The first kappa shape index (κ1) is 28.5. The molecule has 52 heavy (non-hydrogen) atoms. The largest absolute Gasteiger partial charge is 0.309 e. The van der Waals surface area contributed by atoms with Crippen LogP contribution < -0.4 is 0 Å². The number of hydrogen-bond donors (Lipinski definition) is 0. The maximum Gasteiger partial charge on any atom is 0.0548 e. The average Bonchev–Trinajstić information content (AvgIpc) is 3.95. The van der Waals surface area contributed by atoms with Crippen LogP contribution in [-0.2, 0) is 0 Å². The second-order valence-electron chi connectivity index (χ2n) is 13.6. The summed E-state index contributed by atoms with van der Waals surface area (Å²) < 4.78 is 10.2. The fraction of sp³-hybridized carbons (Fsp3) is 0. The van der Waals surface area contributed by atoms with Gasteiger partial charge in [-0.2, -0.15) is 0 Å². The summed E-state index contributed by atoms with van der Waals surface area (Å²) in [6.07, 6.45) is 0. The molecule has 8 aromatic carbocycles. The molecular formula is C48H28N2S2. The van der Waals surface area contributed by atoms with Crippen LogP contribution in [0.25, 0.3) is 106 Å². The molecule has 0 fully saturated rings. The highest BCUT2D eigenvalue weighted by Crippen LogP contribution is 2.47. The molecule has 2 nitrogen and oxygen atoms in total. The first-order valence-electron chi connectivity index (χ1n) is 17.7. The number of aromatic nitrogens is 2. The topological polar surface area (TPSA) is 9.86 Å². The molecule has 0 saturated heterocycles. The van der Waals surface area contributed by atoms with Crippen LogP contribution in [0.5, 0.6) is 0 Å². The third-order valence-corrected chi connectivity index (χ3v) is 13.4. The molecule has 0 aliphatic rings. The Morgan fingerprint density at radius 1 is 0.308 bits per heavy atom. The van der Waals surface area contributed by atoms with Crippen molar-refractivity contribution in [2.24, 2.45) is 0 Å². The summed E-state index contributed by atoms with van der Waals surface area (Å²) in [6.45, 7) is 0. The fourth-order valence-corrected chi connectivity index (χ4v) is 11.2. The standard InChI is InChI=1S/C48H28N2S2/c1-2-12-29(13-3-1)49-39-21-7-4-15-36(39)45-41(49)25-26-42-46(45)37-16-5-8-22-40(37)50(42)30-24-27-44-38(28-30)35-20-11-19-34(48(35)52-44)33-18-10-17-32-31-14-6-9-23-43(31)51-47(32)33/h1-28H. The Kier molecular flexibility index (Phi) is 5.84. The smallest absolute Gasteiger partial charge is 0.0548 e. The lowest BCUT2D eigenvalue weighted by Gasteiger charge is -2.10. The molecule has 242 valence electrons. The van der Waals surface area contributed by atoms with E-state index in [-0.39, 0.29) is 0 Å². The number of rotatable bonds is 3. The van der Waals surface area contributed by atoms with Crippen LogP contribution in [0.4, 0.5) is 0 Å². The van der Waals surface area contributed by atoms with Gasteiger partial charge in [0.25, 0.3) is 0 Å². The third-order valence-electron chi connectivity index (χ3n) is 10.9. The Bertz CT molecular complexity index is 3410. The highest BCUT2D eigenvalue weighted by molar-refractivity contribution is 7.27. The van der Waals surface area contributed by atoms with Gasteiger partial charge in [0.15, 0.2) is 0 Å². The molecule has 12 rings (SSSR count). The van der Waals surface area contributed by atoms with Crippen molar-refractivity contribution >= 4 is 107 Å². The van der Waals surface area contributed by atoms with E-state index in [0.717, 1.165) is 0 Å². The van der Waals surface area contributed by atoms with E-state index in [0.29, 0.717) is 0 Å². The lowest BCUT2D eigenvalue weighted by Crippen LogP contribution is -1.94. The minimum Gasteiger partial charge on any atom is -0.309 e. The average molecular weight is 697 g/mol. The molecule has 0 bridgehead atoms. The Hall–Kier alpha value is -6.20. The summed E-state index contributed by atoms with van der Waals surface area (Å²) in [7, 11) is 0. The quantitative estimate of drug-likeness (QED) is 0.174. The molecule has 0 aliphatic carbocycles. The lowest BCUT2D eigenvalue weighted by atomic mass is 10.0. The van der Waals surface area contributed by atoms with Gasteiger partial charge in [-0.1, -0.05) is 109 Å². The zero-order valence-corrected chi connectivity index (χ0v) is 29.5. The van der Waals surface area contributed by atoms with Gasteiger partial charge < -0.3 is 9.13 Å². The lowest BCUT2D eigenvalue weighted by molar-refractivity contribution is 1.17. The molecule has 4 heteroatoms. The van der Waals surface area contributed by atoms with Gasteiger partial charge in [-0.15, -0.1) is 22.7 Å². The van der Waals surface area contributed by atoms with E-state index in [4.69, 9.17) is 0 Å². The number of hydrogen-bond acceptors (Lipinski definition) is 2. The molecule has 0 saturated carbocycles. The number of fused-ring (bicyclic) bond motifs is 13. The summed E-state index contributed by atoms with van der Waals surface area (Å²) >= 11 is 3.81. The van der Waals surface area contributed by atoms with Crippen LogP contribution in [0.2, 0.25) is 0 Å². The van der Waals surface area contributed by atoms with Gasteiger partial charge in [-0.25, -0.2) is 0 Å². The fourth-order valence-electron chi connectivity index (χ4n) is 8.75. The molecule has 0 unspecified atom stereocenters. The zero-order chi connectivity index (χ0) is 33.9. The minimum atomic E-state index is 1.18. The second-order valence-corrected chi connectivity index (χ2v) is 15.7. The Balaban J connectivity index is 1.12. The molecule has 0 aliphatic heterocycles. The zero-order valence-electron chi connectivity index (χ0n) is 27.9. The summed E-state index contributed by atoms with van der Waals surface area (Å²) in [5, 5.41) is 10.4. The van der Waals surface area contributed by atoms with Crippen LogP contribution in [0.1, 0.15) is 0 Å². The number of nitrogens with zero attached hydrogens (tertiary/aromatic N) is 2. The van der Waals surface area contributed by atoms with E-state index in [9.17, 15) is 0 Å². The van der Waals surface area contributed by atoms with Crippen LogP contribution >= 0.6 is 22.7 Å². The highest BCUT2D eigenvalue weighted by atomic mass is 32.1. The van der Waals surface area contributed by atoms with Crippen LogP contribution in [0.15, 0.2) is 170 Å². The molecule has 12 aromatic rings. The maximum absolute atomic E-state index is 2.48. The molecule has 0 amide bonds. The van der Waals surface area contributed by atoms with E-state index < -0.39 is 0 Å². The van der Waals surface area contributed by atoms with Gasteiger partial charge in [0, 0.05) is 84.4 Å². The van der Waals surface area contributed by atoms with Gasteiger partial charge in [-0.3, -0.25) is 0 Å². The summed E-state index contributed by atoms with van der Waals surface area (Å²) in [6, 6.07) is 62.6. The number of para-hydroxylation sites is 3. The Labute approximate surface area is 306 Å². The minimum absolute atomic E-state index is 1.18. The van der Waals surface area contributed by atoms with Gasteiger partial charge in [-0.05, 0) is 60.7 Å². The molecule has 4 heterocycles. The van der Waals surface area contributed by atoms with Gasteiger partial charge in [0.2, 0.25) is 0 Å². The van der Waals surface area contributed by atoms with E-state index in [2.05, 4.69) is 179 Å². The third kappa shape index (κ3) is 3.83. The van der Waals surface area contributed by atoms with E-state index >= 15 is 0 Å². The van der Waals surface area contributed by atoms with Crippen molar-refractivity contribution in [3.05, 3.63) is 170 Å². The van der Waals surface area contributed by atoms with Gasteiger partial charge in [0.1, 0.15) is 0 Å². The summed E-state index contributed by atoms with van der Waals surface area (Å²) in [5.41, 5.74) is 9.88. The van der Waals surface area contributed by atoms with Crippen molar-refractivity contribution < 1.29 is 0 Å². The van der Waals surface area contributed by atoms with Gasteiger partial charge >= 0.3 is 0 Å². The normalized spacial score (nSPS) is 12.2. The molecular weight excluding hydrogens is 669 g/mol. The molecule has 4 aromatic heterocycles. The highest BCUT2D eigenvalue weighted by Gasteiger charge is 2.21. The van der Waals surface area contributed by atoms with Crippen molar-refractivity contribution in [1.29, 1.82) is 0 Å². The predicted molar refractivity (Wildman–Crippen MR) is 226 cm³/mol. The second kappa shape index (κ2) is 10.7. The van der Waals surface area contributed by atoms with Crippen LogP contribution in [-0.4, -0.2) is 9.13 Å². The van der Waals surface area contributed by atoms with Crippen molar-refractivity contribution in [2.45, 2.75) is 0 Å². The SMILES string of the molecule is c1ccc(-n2c3ccccc3c3c4c5ccccc5n(-c5ccc6sc7c(-c8cccc9c8sc8ccccc89)cccc7c6c5)c4ccc32)cc1. The van der Waals surface area contributed by atoms with E-state index in [1.165, 1.54) is 106 Å². The first-order chi connectivity index (χ1) is 25.8. The van der Waals surface area contributed by atoms with E-state index in [1.54, 1.807) is 0 Å². The van der Waals surface area contributed by atoms with Crippen LogP contribution in [0, 0.1) is 0 Å². The van der Waals surface area contributed by atoms with Crippen LogP contribution in [0.3, 0.4) is 0 Å². The van der Waals surface area contributed by atoms with Crippen molar-refractivity contribution in [1.82, 2.24) is 9.13 Å². The van der Waals surface area contributed by atoms with Gasteiger partial charge in [0.05, 0.1) is 22.1 Å². The molecule has 0 radical (unpaired) electrons. The van der Waals surface area contributed by atoms with Crippen molar-refractivity contribution in [2.75, 3.05) is 0 Å². The summed E-state index contributed by atoms with van der Waals surface area (Å²) in [5.74, 6) is 0. The Morgan fingerprint density at radius 2 is 0.808 bits per heavy atom. The predicted octanol–water partition coefficient (Wildman–Crippen LogP) is 14.3. The summed E-state index contributed by atoms with van der Waals surface area (Å²) in [4.78, 5) is 0. The Morgan fingerprint density at radius 3 is 1.46 bits per heavy atom. The molecule has 0 atom stereocenters. The molecule has 0 spiro atoms. The monoisotopic (exact) mass is 696 g/mol. The number of thiophene rings is 2. The van der Waals surface area contributed by atoms with Crippen molar-refractivity contribution in [3.8, 4) is 22.5 Å². The first-order valence-corrected chi connectivity index (χ1v) is 19.3. The number of benzene rings is 8. The molecule has 0 N–H and O–H groups in total. The van der Waals surface area contributed by atoms with E-state index in [1.807, 2.05) is 22.7 Å². The van der Waals surface area contributed by atoms with Crippen molar-refractivity contribution in [3.63, 3.8) is 0 Å².